The molecule has 6 rings (SSSR count). The van der Waals surface area contributed by atoms with E-state index in [1.807, 2.05) is 22.6 Å². The van der Waals surface area contributed by atoms with E-state index in [0.717, 1.165) is 0 Å². The zero-order valence-corrected chi connectivity index (χ0v) is 25.1. The molecule has 2 fully saturated rings. The van der Waals surface area contributed by atoms with Crippen molar-refractivity contribution < 1.29 is 18.0 Å². The van der Waals surface area contributed by atoms with Crippen molar-refractivity contribution in [2.45, 2.75) is 23.3 Å². The number of carbonyl (C=O) groups excluding carboxylic acids is 2. The highest BCUT2D eigenvalue weighted by molar-refractivity contribution is 14.1. The number of anilines is 2. The van der Waals surface area contributed by atoms with E-state index in [4.69, 9.17) is 11.5 Å². The predicted octanol–water partition coefficient (Wildman–Crippen LogP) is 1.80. The van der Waals surface area contributed by atoms with Crippen LogP contribution in [0.15, 0.2) is 70.7 Å². The van der Waals surface area contributed by atoms with Crippen molar-refractivity contribution in [3.63, 3.8) is 0 Å². The molecule has 6 N–H and O–H groups in total. The summed E-state index contributed by atoms with van der Waals surface area (Å²) in [6, 6.07) is 15.1. The van der Waals surface area contributed by atoms with E-state index >= 15 is 0 Å². The Morgan fingerprint density at radius 3 is 2.40 bits per heavy atom. The minimum atomic E-state index is -3.91. The van der Waals surface area contributed by atoms with Gasteiger partial charge in [0.2, 0.25) is 0 Å². The number of halogens is 1. The van der Waals surface area contributed by atoms with Crippen molar-refractivity contribution in [3.8, 4) is 0 Å². The van der Waals surface area contributed by atoms with Gasteiger partial charge in [-0.05, 0) is 53.6 Å². The lowest BCUT2D eigenvalue weighted by Gasteiger charge is -2.38. The number of fused-ring (bicyclic) bond motifs is 1. The first-order valence-electron chi connectivity index (χ1n) is 13.0. The van der Waals surface area contributed by atoms with Crippen molar-refractivity contribution in [2.24, 2.45) is 4.99 Å². The highest BCUT2D eigenvalue weighted by Crippen LogP contribution is 2.30. The molecule has 0 radical (unpaired) electrons. The summed E-state index contributed by atoms with van der Waals surface area (Å²) < 4.78 is 28.4. The third-order valence-electron chi connectivity index (χ3n) is 7.51. The summed E-state index contributed by atoms with van der Waals surface area (Å²) in [7, 11) is -3.91. The topological polar surface area (TPSA) is 191 Å². The molecule has 4 aromatic rings. The minimum absolute atomic E-state index is 0.0838. The lowest BCUT2D eigenvalue weighted by Crippen LogP contribution is -2.53. The number of guanidine groups is 1. The molecule has 2 aromatic heterocycles. The highest BCUT2D eigenvalue weighted by atomic mass is 127. The summed E-state index contributed by atoms with van der Waals surface area (Å²) in [5.74, 6) is -0.566. The van der Waals surface area contributed by atoms with Crippen LogP contribution in [0, 0.1) is 3.70 Å². The molecule has 0 atom stereocenters. The number of benzene rings is 2. The summed E-state index contributed by atoms with van der Waals surface area (Å²) in [6.45, 7) is 1.36. The van der Waals surface area contributed by atoms with Crippen LogP contribution in [0.2, 0.25) is 0 Å². The summed E-state index contributed by atoms with van der Waals surface area (Å²) >= 11 is 1.87. The molecule has 2 saturated heterocycles. The molecule has 2 amide bonds. The van der Waals surface area contributed by atoms with Gasteiger partial charge in [0.1, 0.15) is 3.70 Å². The van der Waals surface area contributed by atoms with Crippen molar-refractivity contribution in [3.05, 3.63) is 75.8 Å². The normalized spacial score (nSPS) is 17.4. The van der Waals surface area contributed by atoms with E-state index in [9.17, 15) is 18.0 Å². The fourth-order valence-corrected chi connectivity index (χ4v) is 7.00. The van der Waals surface area contributed by atoms with Gasteiger partial charge in [0.05, 0.1) is 21.5 Å². The van der Waals surface area contributed by atoms with Crippen LogP contribution in [0.1, 0.15) is 33.7 Å². The van der Waals surface area contributed by atoms with Crippen LogP contribution in [0.5, 0.6) is 0 Å². The summed E-state index contributed by atoms with van der Waals surface area (Å²) in [5, 5.41) is 7.00. The van der Waals surface area contributed by atoms with Crippen molar-refractivity contribution in [1.82, 2.24) is 29.5 Å². The van der Waals surface area contributed by atoms with Gasteiger partial charge in [0.25, 0.3) is 15.9 Å². The lowest BCUT2D eigenvalue weighted by atomic mass is 9.88. The standard InChI is InChI=1S/C27H26IN9O4S/c28-21-23(30)33-22(29)20(32-21)24(38)34-26-31-15-27(35-26)10-12-36(13-11-27)25(39)18-14-37(19-9-5-4-8-17(18)19)42(40,41)16-6-2-1-3-7-16/h1-9,14H,10-13,15H2,(H4,29,30,33)(H2,31,34,35,38). The molecule has 13 nitrogen and oxygen atoms in total. The molecule has 4 heterocycles. The maximum atomic E-state index is 13.7. The number of likely N-dealkylation sites (tertiary alicyclic amines) is 1. The summed E-state index contributed by atoms with van der Waals surface area (Å²) in [5.41, 5.74) is 11.8. The maximum absolute atomic E-state index is 13.7. The Balaban J connectivity index is 1.19. The van der Waals surface area contributed by atoms with E-state index in [1.54, 1.807) is 47.4 Å². The molecule has 1 spiro atoms. The molecule has 0 aliphatic carbocycles. The number of amides is 2. The van der Waals surface area contributed by atoms with Gasteiger partial charge in [0.15, 0.2) is 23.3 Å². The SMILES string of the molecule is Nc1nc(N)c(C(=O)/N=C2\NCC3(CCN(C(=O)c4cn(S(=O)(=O)c5ccccc5)c5ccccc45)CC3)N2)nc1I. The van der Waals surface area contributed by atoms with Crippen LogP contribution in [0.25, 0.3) is 10.9 Å². The zero-order chi connectivity index (χ0) is 29.6. The number of aliphatic imine (C=N–C) groups is 1. The van der Waals surface area contributed by atoms with Gasteiger partial charge >= 0.3 is 5.91 Å². The number of nitrogens with two attached hydrogens (primary N) is 2. The van der Waals surface area contributed by atoms with Crippen LogP contribution in [0.4, 0.5) is 11.6 Å². The van der Waals surface area contributed by atoms with E-state index in [1.165, 1.54) is 22.3 Å². The van der Waals surface area contributed by atoms with Gasteiger partial charge in [-0.3, -0.25) is 9.59 Å². The first-order valence-corrected chi connectivity index (χ1v) is 15.5. The van der Waals surface area contributed by atoms with Gasteiger partial charge in [-0.15, -0.1) is 0 Å². The van der Waals surface area contributed by atoms with Crippen LogP contribution in [0.3, 0.4) is 0 Å². The van der Waals surface area contributed by atoms with Gasteiger partial charge in [0, 0.05) is 31.2 Å². The first kappa shape index (κ1) is 27.9. The third kappa shape index (κ3) is 4.91. The zero-order valence-electron chi connectivity index (χ0n) is 22.1. The number of rotatable bonds is 4. The Morgan fingerprint density at radius 1 is 0.976 bits per heavy atom. The summed E-state index contributed by atoms with van der Waals surface area (Å²) in [4.78, 5) is 40.5. The third-order valence-corrected chi connectivity index (χ3v) is 10.00. The Labute approximate surface area is 254 Å². The lowest BCUT2D eigenvalue weighted by molar-refractivity contribution is 0.0671. The molecule has 0 bridgehead atoms. The number of carbonyl (C=O) groups is 2. The molecule has 2 aromatic carbocycles. The minimum Gasteiger partial charge on any atom is -0.382 e. The Morgan fingerprint density at radius 2 is 1.67 bits per heavy atom. The largest absolute Gasteiger partial charge is 0.382 e. The average molecular weight is 700 g/mol. The molecule has 42 heavy (non-hydrogen) atoms. The number of aromatic nitrogens is 3. The quantitative estimate of drug-likeness (QED) is 0.229. The van der Waals surface area contributed by atoms with Crippen LogP contribution in [-0.4, -0.2) is 70.2 Å². The monoisotopic (exact) mass is 699 g/mol. The maximum Gasteiger partial charge on any atom is 0.302 e. The first-order chi connectivity index (χ1) is 20.1. The van der Waals surface area contributed by atoms with E-state index in [0.29, 0.717) is 58.6 Å². The molecule has 0 unspecified atom stereocenters. The number of hydrogen-bond donors (Lipinski definition) is 4. The molecular weight excluding hydrogens is 673 g/mol. The van der Waals surface area contributed by atoms with Crippen LogP contribution >= 0.6 is 22.6 Å². The smallest absolute Gasteiger partial charge is 0.302 e. The van der Waals surface area contributed by atoms with E-state index < -0.39 is 21.5 Å². The number of para-hydroxylation sites is 1. The van der Waals surface area contributed by atoms with Crippen molar-refractivity contribution in [1.29, 1.82) is 0 Å². The van der Waals surface area contributed by atoms with E-state index in [-0.39, 0.29) is 28.1 Å². The molecule has 0 saturated carbocycles. The molecule has 2 aliphatic heterocycles. The number of nitrogens with one attached hydrogen (secondary N) is 2. The number of hydrogen-bond acceptors (Lipinski definition) is 8. The Bertz CT molecular complexity index is 1870. The van der Waals surface area contributed by atoms with Gasteiger partial charge in [-0.2, -0.15) is 4.99 Å². The Hall–Kier alpha value is -4.25. The highest BCUT2D eigenvalue weighted by Gasteiger charge is 2.41. The number of piperidine rings is 1. The molecule has 216 valence electrons. The second kappa shape index (κ2) is 10.5. The van der Waals surface area contributed by atoms with E-state index in [2.05, 4.69) is 25.6 Å². The van der Waals surface area contributed by atoms with Gasteiger partial charge in [-0.25, -0.2) is 22.4 Å². The second-order valence-corrected chi connectivity index (χ2v) is 13.0. The Kier molecular flexibility index (Phi) is 7.00. The second-order valence-electron chi connectivity index (χ2n) is 10.1. The van der Waals surface area contributed by atoms with Crippen LogP contribution in [-0.2, 0) is 10.0 Å². The molecule has 15 heteroatoms. The van der Waals surface area contributed by atoms with Crippen LogP contribution < -0.4 is 22.1 Å². The molecule has 2 aliphatic rings. The predicted molar refractivity (Wildman–Crippen MR) is 165 cm³/mol. The fourth-order valence-electron chi connectivity index (χ4n) is 5.25. The molecular formula is C27H26IN9O4S. The fraction of sp³-hybridized carbons (Fsp3) is 0.222. The number of nitrogen functional groups attached to an aromatic ring is 2. The average Bonchev–Trinajstić information content (AvgIpc) is 3.57. The van der Waals surface area contributed by atoms with Crippen molar-refractivity contribution >= 4 is 72.9 Å². The summed E-state index contributed by atoms with van der Waals surface area (Å²) in [6.07, 6.45) is 2.58. The van der Waals surface area contributed by atoms with Crippen molar-refractivity contribution in [2.75, 3.05) is 31.1 Å². The van der Waals surface area contributed by atoms with Gasteiger partial charge in [-0.1, -0.05) is 36.4 Å². The number of nitrogens with zero attached hydrogens (tertiary/aromatic N) is 5. The van der Waals surface area contributed by atoms with Gasteiger partial charge < -0.3 is 27.0 Å².